The zero-order chi connectivity index (χ0) is 23.2. The number of rotatable bonds is 4. The van der Waals surface area contributed by atoms with Crippen molar-refractivity contribution in [3.63, 3.8) is 0 Å². The van der Waals surface area contributed by atoms with Gasteiger partial charge in [-0.05, 0) is 74.9 Å². The first-order chi connectivity index (χ1) is 16.6. The molecule has 2 bridgehead atoms. The van der Waals surface area contributed by atoms with Crippen molar-refractivity contribution in [1.82, 2.24) is 15.2 Å². The smallest absolute Gasteiger partial charge is 0.287 e. The Bertz CT molecular complexity index is 1250. The fraction of sp³-hybridized carbons (Fsp3) is 0.370. The van der Waals surface area contributed by atoms with Crippen LogP contribution < -0.4 is 5.32 Å². The number of fused-ring (bicyclic) bond motifs is 3. The molecule has 2 aliphatic heterocycles. The maximum atomic E-state index is 13.2. The Morgan fingerprint density at radius 3 is 2.68 bits per heavy atom. The quantitative estimate of drug-likeness (QED) is 0.446. The van der Waals surface area contributed by atoms with E-state index in [-0.39, 0.29) is 11.9 Å². The molecule has 7 heteroatoms. The van der Waals surface area contributed by atoms with Crippen LogP contribution in [-0.2, 0) is 6.42 Å². The Hall–Kier alpha value is -3.45. The highest BCUT2D eigenvalue weighted by atomic mass is 16.4. The molecule has 2 saturated heterocycles. The van der Waals surface area contributed by atoms with Gasteiger partial charge in [-0.25, -0.2) is 0 Å². The van der Waals surface area contributed by atoms with E-state index in [1.54, 1.807) is 6.20 Å². The van der Waals surface area contributed by atoms with Crippen LogP contribution in [0.3, 0.4) is 0 Å². The average molecular weight is 457 g/mol. The monoisotopic (exact) mass is 456 g/mol. The highest BCUT2D eigenvalue weighted by Gasteiger charge is 2.39. The molecule has 2 aromatic heterocycles. The summed E-state index contributed by atoms with van der Waals surface area (Å²) in [6, 6.07) is 14.8. The molecule has 34 heavy (non-hydrogen) atoms. The number of aromatic nitrogens is 1. The Morgan fingerprint density at radius 1 is 1.12 bits per heavy atom. The van der Waals surface area contributed by atoms with E-state index >= 15 is 0 Å². The second kappa shape index (κ2) is 8.40. The largest absolute Gasteiger partial charge is 0.449 e. The van der Waals surface area contributed by atoms with Gasteiger partial charge in [0.15, 0.2) is 11.5 Å². The second-order valence-corrected chi connectivity index (χ2v) is 9.68. The topological polar surface area (TPSA) is 91.0 Å². The van der Waals surface area contributed by atoms with Crippen molar-refractivity contribution in [2.24, 2.45) is 5.16 Å². The van der Waals surface area contributed by atoms with Crippen LogP contribution in [0.25, 0.3) is 22.6 Å². The molecule has 6 rings (SSSR count). The molecule has 3 aromatic rings. The lowest BCUT2D eigenvalue weighted by Crippen LogP contribution is -2.48. The number of carbonyl (C=O) groups is 1. The summed E-state index contributed by atoms with van der Waals surface area (Å²) in [4.78, 5) is 20.2. The fourth-order valence-electron chi connectivity index (χ4n) is 5.93. The standard InChI is InChI=1S/C27H28N4O3/c1-31-19-7-8-20(31)14-18(13-19)29-27(32)25-15-22(26(34-25)24-4-2-3-11-28-24)17-5-9-21-16(12-17)6-10-23(21)30-33/h2-5,9,11-12,15,18-20,33H,6-8,10,13-14H2,1H3,(H,29,32)/t18?,19-,20+. The minimum absolute atomic E-state index is 0.171. The first-order valence-electron chi connectivity index (χ1n) is 12.0. The zero-order valence-corrected chi connectivity index (χ0v) is 19.2. The number of aryl methyl sites for hydroxylation is 1. The lowest BCUT2D eigenvalue weighted by Gasteiger charge is -2.36. The number of nitrogens with one attached hydrogen (secondary N) is 1. The molecule has 2 N–H and O–H groups in total. The number of amides is 1. The normalized spacial score (nSPS) is 25.0. The molecule has 3 atom stereocenters. The third kappa shape index (κ3) is 3.60. The summed E-state index contributed by atoms with van der Waals surface area (Å²) < 4.78 is 6.16. The van der Waals surface area contributed by atoms with Crippen molar-refractivity contribution < 1.29 is 14.4 Å². The lowest BCUT2D eigenvalue weighted by atomic mass is 9.97. The van der Waals surface area contributed by atoms with Crippen LogP contribution in [0.2, 0.25) is 0 Å². The summed E-state index contributed by atoms with van der Waals surface area (Å²) in [6.45, 7) is 0. The molecule has 0 spiro atoms. The minimum Gasteiger partial charge on any atom is -0.449 e. The number of benzene rings is 1. The van der Waals surface area contributed by atoms with Crippen LogP contribution in [0.1, 0.15) is 53.8 Å². The predicted molar refractivity (Wildman–Crippen MR) is 129 cm³/mol. The van der Waals surface area contributed by atoms with Gasteiger partial charge in [0.05, 0.1) is 5.71 Å². The van der Waals surface area contributed by atoms with E-state index < -0.39 is 0 Å². The van der Waals surface area contributed by atoms with Crippen LogP contribution in [0.15, 0.2) is 58.2 Å². The van der Waals surface area contributed by atoms with Gasteiger partial charge < -0.3 is 19.8 Å². The molecule has 0 radical (unpaired) electrons. The first kappa shape index (κ1) is 21.1. The molecular weight excluding hydrogens is 428 g/mol. The molecule has 174 valence electrons. The van der Waals surface area contributed by atoms with E-state index in [2.05, 4.69) is 33.5 Å². The molecular formula is C27H28N4O3. The maximum Gasteiger partial charge on any atom is 0.287 e. The lowest BCUT2D eigenvalue weighted by molar-refractivity contribution is 0.0856. The van der Waals surface area contributed by atoms with E-state index in [0.29, 0.717) is 35.0 Å². The SMILES string of the molecule is CN1[C@@H]2CC[C@H]1CC(NC(=O)c1cc(-c3ccc4c(c3)CCC4=NO)c(-c3ccccn3)o1)C2. The number of carbonyl (C=O) groups excluding carboxylic acids is 1. The van der Waals surface area contributed by atoms with Crippen LogP contribution in [-0.4, -0.2) is 51.9 Å². The summed E-state index contributed by atoms with van der Waals surface area (Å²) in [5.74, 6) is 0.719. The maximum absolute atomic E-state index is 13.2. The van der Waals surface area contributed by atoms with E-state index in [9.17, 15) is 10.0 Å². The van der Waals surface area contributed by atoms with Gasteiger partial charge in [-0.3, -0.25) is 9.78 Å². The van der Waals surface area contributed by atoms with Crippen molar-refractivity contribution >= 4 is 11.6 Å². The number of furan rings is 1. The number of nitrogens with zero attached hydrogens (tertiary/aromatic N) is 3. The van der Waals surface area contributed by atoms with Crippen molar-refractivity contribution in [2.75, 3.05) is 7.05 Å². The van der Waals surface area contributed by atoms with Gasteiger partial charge in [0.25, 0.3) is 5.91 Å². The molecule has 3 aliphatic rings. The van der Waals surface area contributed by atoms with E-state index in [4.69, 9.17) is 4.42 Å². The summed E-state index contributed by atoms with van der Waals surface area (Å²) >= 11 is 0. The molecule has 1 aliphatic carbocycles. The van der Waals surface area contributed by atoms with Gasteiger partial charge in [0.1, 0.15) is 5.69 Å². The van der Waals surface area contributed by atoms with Gasteiger partial charge in [0, 0.05) is 35.4 Å². The predicted octanol–water partition coefficient (Wildman–Crippen LogP) is 4.49. The highest BCUT2D eigenvalue weighted by Crippen LogP contribution is 2.37. The number of hydrogen-bond acceptors (Lipinski definition) is 6. The molecule has 4 heterocycles. The molecule has 0 saturated carbocycles. The fourth-order valence-corrected chi connectivity index (χ4v) is 5.93. The number of oxime groups is 1. The highest BCUT2D eigenvalue weighted by molar-refractivity contribution is 6.05. The van der Waals surface area contributed by atoms with E-state index in [0.717, 1.165) is 47.9 Å². The van der Waals surface area contributed by atoms with Crippen LogP contribution in [0.5, 0.6) is 0 Å². The molecule has 1 amide bonds. The molecule has 7 nitrogen and oxygen atoms in total. The minimum atomic E-state index is -0.173. The van der Waals surface area contributed by atoms with Gasteiger partial charge in [0.2, 0.25) is 0 Å². The number of piperidine rings is 1. The second-order valence-electron chi connectivity index (χ2n) is 9.68. The van der Waals surface area contributed by atoms with Crippen molar-refractivity contribution in [3.05, 3.63) is 65.5 Å². The Labute approximate surface area is 198 Å². The molecule has 1 unspecified atom stereocenters. The summed E-state index contributed by atoms with van der Waals surface area (Å²) in [5.41, 5.74) is 5.30. The van der Waals surface area contributed by atoms with Crippen LogP contribution >= 0.6 is 0 Å². The Morgan fingerprint density at radius 2 is 1.94 bits per heavy atom. The van der Waals surface area contributed by atoms with Crippen LogP contribution in [0, 0.1) is 0 Å². The van der Waals surface area contributed by atoms with Crippen LogP contribution in [0.4, 0.5) is 0 Å². The molecule has 2 fully saturated rings. The van der Waals surface area contributed by atoms with Crippen molar-refractivity contribution in [3.8, 4) is 22.6 Å². The summed E-state index contributed by atoms with van der Waals surface area (Å²) in [7, 11) is 2.20. The third-order valence-corrected chi connectivity index (χ3v) is 7.77. The zero-order valence-electron chi connectivity index (χ0n) is 19.2. The third-order valence-electron chi connectivity index (χ3n) is 7.77. The van der Waals surface area contributed by atoms with Gasteiger partial charge in [-0.2, -0.15) is 0 Å². The Kier molecular flexibility index (Phi) is 5.21. The van der Waals surface area contributed by atoms with Gasteiger partial charge in [-0.15, -0.1) is 0 Å². The summed E-state index contributed by atoms with van der Waals surface area (Å²) in [5, 5.41) is 15.9. The Balaban J connectivity index is 1.33. The number of pyridine rings is 1. The van der Waals surface area contributed by atoms with Gasteiger partial charge >= 0.3 is 0 Å². The van der Waals surface area contributed by atoms with Crippen molar-refractivity contribution in [1.29, 1.82) is 0 Å². The first-order valence-corrected chi connectivity index (χ1v) is 12.0. The van der Waals surface area contributed by atoms with E-state index in [1.807, 2.05) is 36.4 Å². The average Bonchev–Trinajstić information content (AvgIpc) is 3.53. The molecule has 1 aromatic carbocycles. The number of hydrogen-bond donors (Lipinski definition) is 2. The van der Waals surface area contributed by atoms with Crippen molar-refractivity contribution in [2.45, 2.75) is 56.7 Å². The summed E-state index contributed by atoms with van der Waals surface area (Å²) in [6.07, 6.45) is 7.66. The van der Waals surface area contributed by atoms with E-state index in [1.165, 1.54) is 12.8 Å². The van der Waals surface area contributed by atoms with Gasteiger partial charge in [-0.1, -0.05) is 29.4 Å².